The van der Waals surface area contributed by atoms with Crippen molar-refractivity contribution in [2.45, 2.75) is 46.1 Å². The number of hydrogen-bond acceptors (Lipinski definition) is 3. The first-order valence-electron chi connectivity index (χ1n) is 9.63. The second-order valence-corrected chi connectivity index (χ2v) is 6.79. The Morgan fingerprint density at radius 3 is 2.35 bits per heavy atom. The molecule has 0 heterocycles. The molecule has 3 nitrogen and oxygen atoms in total. The van der Waals surface area contributed by atoms with Gasteiger partial charge in [0.1, 0.15) is 0 Å². The zero-order chi connectivity index (χ0) is 18.8. The Balaban J connectivity index is 2.17. The number of aryl methyl sites for hydroxylation is 1. The van der Waals surface area contributed by atoms with Crippen molar-refractivity contribution in [3.63, 3.8) is 0 Å². The van der Waals surface area contributed by atoms with E-state index in [0.29, 0.717) is 13.2 Å². The molecule has 0 fully saturated rings. The molecule has 140 valence electrons. The van der Waals surface area contributed by atoms with Gasteiger partial charge in [-0.1, -0.05) is 73.5 Å². The maximum atomic E-state index is 12.6. The van der Waals surface area contributed by atoms with Crippen LogP contribution in [0.25, 0.3) is 0 Å². The van der Waals surface area contributed by atoms with Crippen LogP contribution in [0.1, 0.15) is 49.3 Å². The Hall–Kier alpha value is -2.13. The van der Waals surface area contributed by atoms with Crippen LogP contribution in [0.4, 0.5) is 0 Å². The molecule has 2 aromatic rings. The molecule has 0 bridgehead atoms. The summed E-state index contributed by atoms with van der Waals surface area (Å²) in [7, 11) is 0. The molecule has 1 atom stereocenters. The highest BCUT2D eigenvalue weighted by Crippen LogP contribution is 2.21. The molecule has 0 aromatic heterocycles. The minimum absolute atomic E-state index is 0.135. The molecule has 0 aliphatic heterocycles. The molecule has 1 unspecified atom stereocenters. The molecule has 0 aliphatic carbocycles. The summed E-state index contributed by atoms with van der Waals surface area (Å²) in [5, 5.41) is 0. The van der Waals surface area contributed by atoms with Gasteiger partial charge in [-0.25, -0.2) is 0 Å². The van der Waals surface area contributed by atoms with Gasteiger partial charge in [0.25, 0.3) is 0 Å². The number of esters is 1. The molecule has 0 aliphatic rings. The van der Waals surface area contributed by atoms with Gasteiger partial charge in [0.15, 0.2) is 0 Å². The van der Waals surface area contributed by atoms with Gasteiger partial charge in [0.2, 0.25) is 0 Å². The number of ether oxygens (including phenoxy) is 1. The molecular weight excluding hydrogens is 322 g/mol. The zero-order valence-electron chi connectivity index (χ0n) is 16.3. The Labute approximate surface area is 158 Å². The largest absolute Gasteiger partial charge is 0.465 e. The number of rotatable bonds is 10. The Morgan fingerprint density at radius 2 is 1.73 bits per heavy atom. The van der Waals surface area contributed by atoms with Gasteiger partial charge in [-0.05, 0) is 37.9 Å². The second-order valence-electron chi connectivity index (χ2n) is 6.79. The normalized spacial score (nSPS) is 12.2. The first-order valence-corrected chi connectivity index (χ1v) is 9.63. The van der Waals surface area contributed by atoms with Gasteiger partial charge in [-0.2, -0.15) is 0 Å². The fourth-order valence-corrected chi connectivity index (χ4v) is 3.07. The molecule has 0 spiro atoms. The maximum Gasteiger partial charge on any atom is 0.314 e. The summed E-state index contributed by atoms with van der Waals surface area (Å²) in [5.41, 5.74) is 3.57. The van der Waals surface area contributed by atoms with Crippen molar-refractivity contribution >= 4 is 5.97 Å². The first-order chi connectivity index (χ1) is 12.6. The lowest BCUT2D eigenvalue weighted by Crippen LogP contribution is -2.33. The second kappa shape index (κ2) is 10.8. The third-order valence-corrected chi connectivity index (χ3v) is 4.57. The van der Waals surface area contributed by atoms with Gasteiger partial charge in [-0.3, -0.25) is 9.69 Å². The summed E-state index contributed by atoms with van der Waals surface area (Å²) in [5.74, 6) is -0.387. The van der Waals surface area contributed by atoms with E-state index in [-0.39, 0.29) is 11.9 Å². The lowest BCUT2D eigenvalue weighted by Gasteiger charge is -2.27. The van der Waals surface area contributed by atoms with Crippen LogP contribution in [-0.4, -0.2) is 30.6 Å². The number of unbranched alkanes of at least 4 members (excludes halogenated alkanes) is 1. The number of carbonyl (C=O) groups is 1. The molecule has 3 heteroatoms. The maximum absolute atomic E-state index is 12.6. The lowest BCUT2D eigenvalue weighted by atomic mass is 9.98. The average Bonchev–Trinajstić information content (AvgIpc) is 2.66. The quantitative estimate of drug-likeness (QED) is 0.566. The molecule has 2 aromatic carbocycles. The fraction of sp³-hybridized carbons (Fsp3) is 0.435. The Kier molecular flexibility index (Phi) is 8.36. The number of carbonyl (C=O) groups excluding carboxylic acids is 1. The van der Waals surface area contributed by atoms with Gasteiger partial charge in [0, 0.05) is 13.1 Å². The van der Waals surface area contributed by atoms with Crippen molar-refractivity contribution < 1.29 is 9.53 Å². The van der Waals surface area contributed by atoms with Crippen LogP contribution < -0.4 is 0 Å². The Bertz CT molecular complexity index is 652. The summed E-state index contributed by atoms with van der Waals surface area (Å²) in [6.07, 6.45) is 2.26. The molecule has 26 heavy (non-hydrogen) atoms. The monoisotopic (exact) mass is 353 g/mol. The molecule has 0 saturated heterocycles. The number of nitrogens with zero attached hydrogens (tertiary/aromatic N) is 1. The summed E-state index contributed by atoms with van der Waals surface area (Å²) >= 11 is 0. The molecular formula is C23H31NO2. The van der Waals surface area contributed by atoms with E-state index in [1.54, 1.807) is 0 Å². The highest BCUT2D eigenvalue weighted by atomic mass is 16.5. The van der Waals surface area contributed by atoms with Crippen molar-refractivity contribution in [2.75, 3.05) is 19.7 Å². The summed E-state index contributed by atoms with van der Waals surface area (Å²) in [6, 6.07) is 18.6. The van der Waals surface area contributed by atoms with E-state index < -0.39 is 0 Å². The topological polar surface area (TPSA) is 29.5 Å². The molecule has 2 rings (SSSR count). The molecule has 0 amide bonds. The minimum Gasteiger partial charge on any atom is -0.465 e. The van der Waals surface area contributed by atoms with E-state index in [0.717, 1.165) is 31.5 Å². The van der Waals surface area contributed by atoms with Gasteiger partial charge in [-0.15, -0.1) is 0 Å². The average molecular weight is 354 g/mol. The van der Waals surface area contributed by atoms with Crippen LogP contribution in [0.5, 0.6) is 0 Å². The predicted octanol–water partition coefficient (Wildman–Crippen LogP) is 4.94. The highest BCUT2D eigenvalue weighted by Gasteiger charge is 2.24. The number of benzene rings is 2. The zero-order valence-corrected chi connectivity index (χ0v) is 16.3. The van der Waals surface area contributed by atoms with E-state index in [1.165, 1.54) is 11.1 Å². The van der Waals surface area contributed by atoms with Crippen molar-refractivity contribution in [3.05, 3.63) is 71.3 Å². The van der Waals surface area contributed by atoms with Crippen LogP contribution in [0.2, 0.25) is 0 Å². The summed E-state index contributed by atoms with van der Waals surface area (Å²) < 4.78 is 5.36. The van der Waals surface area contributed by atoms with Gasteiger partial charge in [0.05, 0.1) is 12.5 Å². The van der Waals surface area contributed by atoms with Crippen molar-refractivity contribution in [1.29, 1.82) is 0 Å². The molecule has 0 radical (unpaired) electrons. The van der Waals surface area contributed by atoms with Crippen LogP contribution in [0, 0.1) is 6.92 Å². The smallest absolute Gasteiger partial charge is 0.314 e. The first kappa shape index (κ1) is 20.2. The van der Waals surface area contributed by atoms with E-state index in [1.807, 2.05) is 37.3 Å². The SMILES string of the molecule is CCCCN(Cc1ccc(C)cc1)CC(C(=O)OCC)c1ccccc1. The van der Waals surface area contributed by atoms with Crippen molar-refractivity contribution in [2.24, 2.45) is 0 Å². The predicted molar refractivity (Wildman–Crippen MR) is 107 cm³/mol. The van der Waals surface area contributed by atoms with E-state index in [4.69, 9.17) is 4.74 Å². The van der Waals surface area contributed by atoms with Crippen molar-refractivity contribution in [3.8, 4) is 0 Å². The van der Waals surface area contributed by atoms with E-state index in [9.17, 15) is 4.79 Å². The minimum atomic E-state index is -0.251. The van der Waals surface area contributed by atoms with Crippen LogP contribution in [0.3, 0.4) is 0 Å². The fourth-order valence-electron chi connectivity index (χ4n) is 3.07. The van der Waals surface area contributed by atoms with Gasteiger partial charge >= 0.3 is 5.97 Å². The summed E-state index contributed by atoms with van der Waals surface area (Å²) in [6.45, 7) is 9.08. The van der Waals surface area contributed by atoms with E-state index >= 15 is 0 Å². The standard InChI is InChI=1S/C23H31NO2/c1-4-6-16-24(17-20-14-12-19(3)13-15-20)18-22(23(25)26-5-2)21-10-8-7-9-11-21/h7-15,22H,4-6,16-18H2,1-3H3. The van der Waals surface area contributed by atoms with Crippen LogP contribution in [0.15, 0.2) is 54.6 Å². The van der Waals surface area contributed by atoms with Gasteiger partial charge < -0.3 is 4.74 Å². The highest BCUT2D eigenvalue weighted by molar-refractivity contribution is 5.78. The summed E-state index contributed by atoms with van der Waals surface area (Å²) in [4.78, 5) is 15.0. The Morgan fingerprint density at radius 1 is 1.04 bits per heavy atom. The van der Waals surface area contributed by atoms with Crippen LogP contribution in [-0.2, 0) is 16.1 Å². The third-order valence-electron chi connectivity index (χ3n) is 4.57. The van der Waals surface area contributed by atoms with Crippen molar-refractivity contribution in [1.82, 2.24) is 4.90 Å². The molecule has 0 saturated carbocycles. The molecule has 0 N–H and O–H groups in total. The number of hydrogen-bond donors (Lipinski definition) is 0. The lowest BCUT2D eigenvalue weighted by molar-refractivity contribution is -0.145. The third kappa shape index (κ3) is 6.30. The van der Waals surface area contributed by atoms with Crippen LogP contribution >= 0.6 is 0 Å². The van der Waals surface area contributed by atoms with E-state index in [2.05, 4.69) is 43.0 Å².